The SMILES string of the molecule is C=C/C=C\C(=C/C/C(C=C)=C/C(=C(C)C)N(C=C)Cc1ccnc(C)n1)C(F)(F)F. The summed E-state index contributed by atoms with van der Waals surface area (Å²) in [5, 5.41) is 0. The van der Waals surface area contributed by atoms with Crippen molar-refractivity contribution in [1.82, 2.24) is 14.9 Å². The molecule has 0 bridgehead atoms. The second-order valence-corrected chi connectivity index (χ2v) is 6.67. The van der Waals surface area contributed by atoms with Gasteiger partial charge in [0, 0.05) is 11.9 Å². The Morgan fingerprint density at radius 3 is 2.40 bits per heavy atom. The summed E-state index contributed by atoms with van der Waals surface area (Å²) in [4.78, 5) is 10.4. The largest absolute Gasteiger partial charge is 0.416 e. The normalized spacial score (nSPS) is 12.6. The van der Waals surface area contributed by atoms with Crippen molar-refractivity contribution in [3.63, 3.8) is 0 Å². The molecule has 0 aliphatic carbocycles. The van der Waals surface area contributed by atoms with E-state index in [4.69, 9.17) is 0 Å². The zero-order chi connectivity index (χ0) is 22.7. The lowest BCUT2D eigenvalue weighted by Gasteiger charge is -2.23. The minimum atomic E-state index is -4.44. The van der Waals surface area contributed by atoms with Crippen molar-refractivity contribution >= 4 is 0 Å². The molecule has 0 fully saturated rings. The molecular weight excluding hydrogens is 387 g/mol. The van der Waals surface area contributed by atoms with Gasteiger partial charge in [-0.25, -0.2) is 9.97 Å². The van der Waals surface area contributed by atoms with E-state index < -0.39 is 11.7 Å². The van der Waals surface area contributed by atoms with E-state index in [1.165, 1.54) is 12.2 Å². The Morgan fingerprint density at radius 2 is 1.90 bits per heavy atom. The van der Waals surface area contributed by atoms with Crippen molar-refractivity contribution < 1.29 is 13.2 Å². The minimum absolute atomic E-state index is 0.0776. The summed E-state index contributed by atoms with van der Waals surface area (Å²) in [5.74, 6) is 0.662. The van der Waals surface area contributed by atoms with Gasteiger partial charge in [-0.3, -0.25) is 0 Å². The highest BCUT2D eigenvalue weighted by Gasteiger charge is 2.31. The van der Waals surface area contributed by atoms with Crippen LogP contribution in [-0.2, 0) is 6.54 Å². The highest BCUT2D eigenvalue weighted by Crippen LogP contribution is 2.28. The number of halogens is 3. The molecule has 1 heterocycles. The summed E-state index contributed by atoms with van der Waals surface area (Å²) in [6.07, 6.45) is 7.08. The number of aromatic nitrogens is 2. The molecule has 1 aromatic rings. The third-order valence-corrected chi connectivity index (χ3v) is 4.09. The topological polar surface area (TPSA) is 29.0 Å². The van der Waals surface area contributed by atoms with Crippen LogP contribution in [0.2, 0.25) is 0 Å². The molecule has 3 nitrogen and oxygen atoms in total. The molecule has 1 rings (SSSR count). The van der Waals surface area contributed by atoms with Crippen molar-refractivity contribution in [3.8, 4) is 0 Å². The molecule has 0 radical (unpaired) electrons. The van der Waals surface area contributed by atoms with Crippen molar-refractivity contribution in [2.75, 3.05) is 0 Å². The molecule has 6 heteroatoms. The molecule has 0 saturated heterocycles. The molecule has 0 amide bonds. The highest BCUT2D eigenvalue weighted by molar-refractivity contribution is 5.36. The molecule has 0 atom stereocenters. The van der Waals surface area contributed by atoms with Gasteiger partial charge in [0.1, 0.15) is 5.82 Å². The maximum Gasteiger partial charge on any atom is 0.416 e. The van der Waals surface area contributed by atoms with Gasteiger partial charge in [-0.05, 0) is 51.1 Å². The van der Waals surface area contributed by atoms with Crippen LogP contribution in [0.1, 0.15) is 31.8 Å². The lowest BCUT2D eigenvalue weighted by molar-refractivity contribution is -0.0883. The van der Waals surface area contributed by atoms with Crippen molar-refractivity contribution in [3.05, 3.63) is 109 Å². The fraction of sp³-hybridized carbons (Fsp3) is 0.250. The maximum absolute atomic E-state index is 13.2. The molecule has 0 unspecified atom stereocenters. The van der Waals surface area contributed by atoms with Crippen LogP contribution in [0.25, 0.3) is 0 Å². The summed E-state index contributed by atoms with van der Waals surface area (Å²) >= 11 is 0. The van der Waals surface area contributed by atoms with Crippen LogP contribution >= 0.6 is 0 Å². The average molecular weight is 416 g/mol. The Morgan fingerprint density at radius 1 is 1.20 bits per heavy atom. The van der Waals surface area contributed by atoms with Gasteiger partial charge in [0.05, 0.1) is 17.8 Å². The van der Waals surface area contributed by atoms with E-state index in [-0.39, 0.29) is 6.42 Å². The molecule has 0 aliphatic heterocycles. The lowest BCUT2D eigenvalue weighted by Crippen LogP contribution is -2.17. The Kier molecular flexibility index (Phi) is 9.75. The van der Waals surface area contributed by atoms with Crippen LogP contribution in [0.5, 0.6) is 0 Å². The van der Waals surface area contributed by atoms with E-state index in [9.17, 15) is 13.2 Å². The molecule has 0 N–H and O–H groups in total. The lowest BCUT2D eigenvalue weighted by atomic mass is 10.1. The van der Waals surface area contributed by atoms with E-state index >= 15 is 0 Å². The molecule has 160 valence electrons. The third kappa shape index (κ3) is 8.07. The molecular formula is C24H28F3N3. The summed E-state index contributed by atoms with van der Waals surface area (Å²) < 4.78 is 39.6. The van der Waals surface area contributed by atoms with E-state index in [1.54, 1.807) is 18.5 Å². The quantitative estimate of drug-likeness (QED) is 0.396. The predicted molar refractivity (Wildman–Crippen MR) is 117 cm³/mol. The highest BCUT2D eigenvalue weighted by atomic mass is 19.4. The van der Waals surface area contributed by atoms with Gasteiger partial charge in [-0.2, -0.15) is 13.2 Å². The molecule has 0 saturated carbocycles. The van der Waals surface area contributed by atoms with Gasteiger partial charge in [0.25, 0.3) is 0 Å². The van der Waals surface area contributed by atoms with Crippen molar-refractivity contribution in [2.24, 2.45) is 0 Å². The predicted octanol–water partition coefficient (Wildman–Crippen LogP) is 6.76. The van der Waals surface area contributed by atoms with Crippen molar-refractivity contribution in [2.45, 2.75) is 39.9 Å². The minimum Gasteiger partial charge on any atom is -0.343 e. The zero-order valence-corrected chi connectivity index (χ0v) is 17.7. The molecule has 0 spiro atoms. The maximum atomic E-state index is 13.2. The standard InChI is InChI=1S/C24H28F3N3/c1-7-10-11-21(24(25,26)27)13-12-20(8-2)16-23(18(4)5)30(9-3)17-22-14-15-28-19(6)29-22/h7-11,13-16H,1-3,12,17H2,4-6H3/b11-10-,20-16+,21-13+. The van der Waals surface area contributed by atoms with E-state index in [1.807, 2.05) is 37.8 Å². The Hall–Kier alpha value is -3.15. The molecule has 1 aromatic heterocycles. The third-order valence-electron chi connectivity index (χ3n) is 4.09. The van der Waals surface area contributed by atoms with Gasteiger partial charge < -0.3 is 4.90 Å². The number of rotatable bonds is 10. The number of hydrogen-bond donors (Lipinski definition) is 0. The second kappa shape index (κ2) is 11.8. The molecule has 0 aromatic carbocycles. The first kappa shape index (κ1) is 24.9. The first-order valence-corrected chi connectivity index (χ1v) is 9.37. The van der Waals surface area contributed by atoms with E-state index in [0.29, 0.717) is 17.9 Å². The number of hydrogen-bond acceptors (Lipinski definition) is 3. The number of nitrogens with zero attached hydrogens (tertiary/aromatic N) is 3. The Bertz CT molecular complexity index is 883. The molecule has 0 aliphatic rings. The summed E-state index contributed by atoms with van der Waals surface area (Å²) in [5.41, 5.74) is 2.52. The molecule has 30 heavy (non-hydrogen) atoms. The fourth-order valence-electron chi connectivity index (χ4n) is 2.58. The second-order valence-electron chi connectivity index (χ2n) is 6.67. The van der Waals surface area contributed by atoms with E-state index in [2.05, 4.69) is 29.7 Å². The van der Waals surface area contributed by atoms with Crippen molar-refractivity contribution in [1.29, 1.82) is 0 Å². The van der Waals surface area contributed by atoms with Crippen LogP contribution in [0, 0.1) is 6.92 Å². The van der Waals surface area contributed by atoms with Crippen LogP contribution < -0.4 is 0 Å². The summed E-state index contributed by atoms with van der Waals surface area (Å²) in [7, 11) is 0. The average Bonchev–Trinajstić information content (AvgIpc) is 2.67. The van der Waals surface area contributed by atoms with Crippen LogP contribution in [0.3, 0.4) is 0 Å². The van der Waals surface area contributed by atoms with Crippen LogP contribution in [0.15, 0.2) is 97.1 Å². The van der Waals surface area contributed by atoms with Gasteiger partial charge in [-0.15, -0.1) is 0 Å². The number of aryl methyl sites for hydroxylation is 1. The number of alkyl halides is 3. The Labute approximate surface area is 177 Å². The van der Waals surface area contributed by atoms with Gasteiger partial charge >= 0.3 is 6.18 Å². The smallest absolute Gasteiger partial charge is 0.343 e. The van der Waals surface area contributed by atoms with Gasteiger partial charge in [0.2, 0.25) is 0 Å². The van der Waals surface area contributed by atoms with Gasteiger partial charge in [-0.1, -0.05) is 55.7 Å². The van der Waals surface area contributed by atoms with Crippen LogP contribution in [0.4, 0.5) is 13.2 Å². The number of allylic oxidation sites excluding steroid dienone is 9. The first-order chi connectivity index (χ1) is 14.1. The fourth-order valence-corrected chi connectivity index (χ4v) is 2.58. The van der Waals surface area contributed by atoms with E-state index in [0.717, 1.165) is 29.1 Å². The Balaban J connectivity index is 3.22. The first-order valence-electron chi connectivity index (χ1n) is 9.37. The monoisotopic (exact) mass is 415 g/mol. The zero-order valence-electron chi connectivity index (χ0n) is 17.7. The van der Waals surface area contributed by atoms with Crippen LogP contribution in [-0.4, -0.2) is 21.0 Å². The summed E-state index contributed by atoms with van der Waals surface area (Å²) in [6, 6.07) is 1.81. The van der Waals surface area contributed by atoms with Gasteiger partial charge in [0.15, 0.2) is 0 Å². The summed E-state index contributed by atoms with van der Waals surface area (Å²) in [6.45, 7) is 17.2.